The van der Waals surface area contributed by atoms with Crippen molar-refractivity contribution in [1.82, 2.24) is 9.13 Å². The number of carbonyl (C=O) groups excluding carboxylic acids is 1. The number of fused-ring (bicyclic) bond motifs is 1. The van der Waals surface area contributed by atoms with Crippen LogP contribution in [0, 0.1) is 6.92 Å². The first-order valence-corrected chi connectivity index (χ1v) is 9.43. The SMILES string of the molecule is CCN(C(=O)Cn1c(=O)n(CC)c(=O)c2sccc21)c1cccc(C)c1. The molecular weight excluding hydrogens is 350 g/mol. The zero-order valence-electron chi connectivity index (χ0n) is 15.1. The number of thiophene rings is 1. The van der Waals surface area contributed by atoms with E-state index in [9.17, 15) is 14.4 Å². The van der Waals surface area contributed by atoms with Gasteiger partial charge in [0, 0.05) is 18.8 Å². The molecule has 26 heavy (non-hydrogen) atoms. The van der Waals surface area contributed by atoms with Crippen LogP contribution in [0.3, 0.4) is 0 Å². The van der Waals surface area contributed by atoms with E-state index in [-0.39, 0.29) is 24.6 Å². The fourth-order valence-electron chi connectivity index (χ4n) is 3.08. The summed E-state index contributed by atoms with van der Waals surface area (Å²) < 4.78 is 3.07. The maximum absolute atomic E-state index is 12.9. The Bertz CT molecular complexity index is 1080. The second kappa shape index (κ2) is 7.29. The molecule has 1 amide bonds. The minimum Gasteiger partial charge on any atom is -0.311 e. The van der Waals surface area contributed by atoms with Gasteiger partial charge < -0.3 is 4.90 Å². The highest BCUT2D eigenvalue weighted by atomic mass is 32.1. The van der Waals surface area contributed by atoms with E-state index in [0.29, 0.717) is 16.8 Å². The van der Waals surface area contributed by atoms with Crippen LogP contribution in [-0.2, 0) is 17.9 Å². The van der Waals surface area contributed by atoms with Crippen molar-refractivity contribution in [3.8, 4) is 0 Å². The maximum Gasteiger partial charge on any atom is 0.331 e. The standard InChI is InChI=1S/C19H21N3O3S/c1-4-20(14-8-6-7-13(3)11-14)16(23)12-22-15-9-10-26-17(15)18(24)21(5-2)19(22)25/h6-11H,4-5,12H2,1-3H3. The molecule has 6 nitrogen and oxygen atoms in total. The van der Waals surface area contributed by atoms with Crippen LogP contribution in [0.2, 0.25) is 0 Å². The summed E-state index contributed by atoms with van der Waals surface area (Å²) >= 11 is 1.29. The lowest BCUT2D eigenvalue weighted by molar-refractivity contribution is -0.119. The molecule has 0 unspecified atom stereocenters. The lowest BCUT2D eigenvalue weighted by Crippen LogP contribution is -2.43. The van der Waals surface area contributed by atoms with Crippen molar-refractivity contribution in [3.05, 3.63) is 62.1 Å². The molecule has 0 aliphatic heterocycles. The Morgan fingerprint density at radius 3 is 2.58 bits per heavy atom. The Kier molecular flexibility index (Phi) is 5.08. The molecule has 0 saturated heterocycles. The molecule has 0 saturated carbocycles. The van der Waals surface area contributed by atoms with Crippen LogP contribution in [0.1, 0.15) is 19.4 Å². The summed E-state index contributed by atoms with van der Waals surface area (Å²) in [5, 5.41) is 1.77. The van der Waals surface area contributed by atoms with Crippen LogP contribution in [-0.4, -0.2) is 21.6 Å². The van der Waals surface area contributed by atoms with E-state index in [0.717, 1.165) is 11.3 Å². The monoisotopic (exact) mass is 371 g/mol. The van der Waals surface area contributed by atoms with Crippen LogP contribution in [0.4, 0.5) is 5.69 Å². The van der Waals surface area contributed by atoms with Gasteiger partial charge in [0.2, 0.25) is 5.91 Å². The van der Waals surface area contributed by atoms with Crippen molar-refractivity contribution >= 4 is 33.1 Å². The van der Waals surface area contributed by atoms with Gasteiger partial charge in [0.05, 0.1) is 5.52 Å². The van der Waals surface area contributed by atoms with E-state index in [1.165, 1.54) is 20.5 Å². The van der Waals surface area contributed by atoms with Gasteiger partial charge in [0.25, 0.3) is 5.56 Å². The number of aromatic nitrogens is 2. The lowest BCUT2D eigenvalue weighted by Gasteiger charge is -2.22. The van der Waals surface area contributed by atoms with Gasteiger partial charge in [-0.3, -0.25) is 18.7 Å². The number of hydrogen-bond donors (Lipinski definition) is 0. The van der Waals surface area contributed by atoms with Gasteiger partial charge in [-0.25, -0.2) is 4.79 Å². The number of benzene rings is 1. The molecule has 136 valence electrons. The van der Waals surface area contributed by atoms with Gasteiger partial charge in [-0.1, -0.05) is 12.1 Å². The molecule has 0 aliphatic rings. The summed E-state index contributed by atoms with van der Waals surface area (Å²) in [4.78, 5) is 39.7. The zero-order valence-corrected chi connectivity index (χ0v) is 15.9. The molecule has 0 bridgehead atoms. The van der Waals surface area contributed by atoms with Gasteiger partial charge >= 0.3 is 5.69 Å². The quantitative estimate of drug-likeness (QED) is 0.692. The Morgan fingerprint density at radius 2 is 1.92 bits per heavy atom. The van der Waals surface area contributed by atoms with Crippen LogP contribution < -0.4 is 16.1 Å². The van der Waals surface area contributed by atoms with Crippen molar-refractivity contribution in [2.75, 3.05) is 11.4 Å². The fourth-order valence-corrected chi connectivity index (χ4v) is 3.93. The summed E-state index contributed by atoms with van der Waals surface area (Å²) in [5.41, 5.74) is 1.64. The summed E-state index contributed by atoms with van der Waals surface area (Å²) in [5.74, 6) is -0.186. The minimum atomic E-state index is -0.447. The van der Waals surface area contributed by atoms with Crippen molar-refractivity contribution < 1.29 is 4.79 Å². The molecule has 1 aromatic carbocycles. The number of amides is 1. The number of hydrogen-bond acceptors (Lipinski definition) is 4. The summed E-state index contributed by atoms with van der Waals surface area (Å²) in [6.07, 6.45) is 0. The Hall–Kier alpha value is -2.67. The molecule has 3 rings (SSSR count). The molecule has 2 aromatic heterocycles. The van der Waals surface area contributed by atoms with E-state index < -0.39 is 5.69 Å². The highest BCUT2D eigenvalue weighted by molar-refractivity contribution is 7.17. The van der Waals surface area contributed by atoms with Crippen molar-refractivity contribution in [3.63, 3.8) is 0 Å². The highest BCUT2D eigenvalue weighted by Crippen LogP contribution is 2.18. The van der Waals surface area contributed by atoms with Crippen molar-refractivity contribution in [1.29, 1.82) is 0 Å². The Labute approximate surface area is 154 Å². The van der Waals surface area contributed by atoms with Crippen LogP contribution in [0.25, 0.3) is 10.2 Å². The third kappa shape index (κ3) is 3.10. The maximum atomic E-state index is 12.9. The largest absolute Gasteiger partial charge is 0.331 e. The minimum absolute atomic E-state index is 0.103. The van der Waals surface area contributed by atoms with E-state index in [1.54, 1.807) is 23.3 Å². The molecule has 0 N–H and O–H groups in total. The first-order valence-electron chi connectivity index (χ1n) is 8.55. The first kappa shape index (κ1) is 18.1. The molecule has 0 atom stereocenters. The number of nitrogens with zero attached hydrogens (tertiary/aromatic N) is 3. The van der Waals surface area contributed by atoms with Gasteiger partial charge in [-0.15, -0.1) is 11.3 Å². The lowest BCUT2D eigenvalue weighted by atomic mass is 10.2. The summed E-state index contributed by atoms with van der Waals surface area (Å²) in [6.45, 7) is 6.29. The topological polar surface area (TPSA) is 64.3 Å². The van der Waals surface area contributed by atoms with Crippen LogP contribution >= 0.6 is 11.3 Å². The third-order valence-electron chi connectivity index (χ3n) is 4.38. The predicted molar refractivity (Wildman–Crippen MR) is 105 cm³/mol. The van der Waals surface area contributed by atoms with E-state index >= 15 is 0 Å². The van der Waals surface area contributed by atoms with Crippen LogP contribution in [0.15, 0.2) is 45.3 Å². The molecule has 0 spiro atoms. The van der Waals surface area contributed by atoms with Crippen molar-refractivity contribution in [2.24, 2.45) is 0 Å². The smallest absolute Gasteiger partial charge is 0.311 e. The Morgan fingerprint density at radius 1 is 1.15 bits per heavy atom. The second-order valence-corrected chi connectivity index (χ2v) is 6.95. The normalized spacial score (nSPS) is 11.0. The van der Waals surface area contributed by atoms with Gasteiger partial charge in [0.1, 0.15) is 11.2 Å². The molecule has 0 radical (unpaired) electrons. The number of aryl methyl sites for hydroxylation is 1. The molecule has 0 fully saturated rings. The number of anilines is 1. The predicted octanol–water partition coefficient (Wildman–Crippen LogP) is 2.61. The van der Waals surface area contributed by atoms with Gasteiger partial charge in [-0.2, -0.15) is 0 Å². The molecule has 0 aliphatic carbocycles. The molecule has 7 heteroatoms. The third-order valence-corrected chi connectivity index (χ3v) is 5.27. The fraction of sp³-hybridized carbons (Fsp3) is 0.316. The summed E-state index contributed by atoms with van der Waals surface area (Å²) in [7, 11) is 0. The first-order chi connectivity index (χ1) is 12.5. The highest BCUT2D eigenvalue weighted by Gasteiger charge is 2.19. The van der Waals surface area contributed by atoms with Crippen LogP contribution in [0.5, 0.6) is 0 Å². The average Bonchev–Trinajstić information content (AvgIpc) is 3.10. The van der Waals surface area contributed by atoms with E-state index in [4.69, 9.17) is 0 Å². The summed E-state index contributed by atoms with van der Waals surface area (Å²) in [6, 6.07) is 9.42. The molecular formula is C19H21N3O3S. The van der Waals surface area contributed by atoms with E-state index in [1.807, 2.05) is 38.1 Å². The average molecular weight is 371 g/mol. The van der Waals surface area contributed by atoms with E-state index in [2.05, 4.69) is 0 Å². The molecule has 3 aromatic rings. The van der Waals surface area contributed by atoms with Crippen molar-refractivity contribution in [2.45, 2.75) is 33.9 Å². The van der Waals surface area contributed by atoms with Gasteiger partial charge in [-0.05, 0) is 49.9 Å². The number of carbonyl (C=O) groups is 1. The number of likely N-dealkylation sites (N-methyl/N-ethyl adjacent to an activating group) is 1. The second-order valence-electron chi connectivity index (χ2n) is 6.03. The van der Waals surface area contributed by atoms with Gasteiger partial charge in [0.15, 0.2) is 0 Å². The zero-order chi connectivity index (χ0) is 18.8. The number of rotatable bonds is 5. The molecule has 2 heterocycles. The Balaban J connectivity index is 2.05.